The van der Waals surface area contributed by atoms with Crippen LogP contribution in [0.4, 0.5) is 0 Å². The van der Waals surface area contributed by atoms with Gasteiger partial charge < -0.3 is 4.98 Å². The lowest BCUT2D eigenvalue weighted by Gasteiger charge is -2.58. The van der Waals surface area contributed by atoms with E-state index in [1.54, 1.807) is 11.0 Å². The van der Waals surface area contributed by atoms with E-state index in [-0.39, 0.29) is 22.0 Å². The minimum atomic E-state index is -0.446. The Labute approximate surface area is 219 Å². The topological polar surface area (TPSA) is 120 Å². The number of hydrogen-bond acceptors (Lipinski definition) is 6. The summed E-state index contributed by atoms with van der Waals surface area (Å²) in [6.45, 7) is 0.606. The van der Waals surface area contributed by atoms with Crippen LogP contribution in [0.2, 0.25) is 0 Å². The van der Waals surface area contributed by atoms with Crippen LogP contribution in [-0.4, -0.2) is 54.0 Å². The molecule has 5 aliphatic rings. The Morgan fingerprint density at radius 2 is 1.65 bits per heavy atom. The van der Waals surface area contributed by atoms with Crippen molar-refractivity contribution in [3.05, 3.63) is 47.7 Å². The lowest BCUT2D eigenvalue weighted by Crippen LogP contribution is -2.59. The monoisotopic (exact) mass is 513 g/mol. The second kappa shape index (κ2) is 8.44. The van der Waals surface area contributed by atoms with E-state index < -0.39 is 5.91 Å². The molecule has 4 aliphatic carbocycles. The molecule has 188 valence electrons. The predicted octanol–water partition coefficient (Wildman–Crippen LogP) is 3.70. The molecular formula is C27H27N7O2S. The Balaban J connectivity index is 1.12. The summed E-state index contributed by atoms with van der Waals surface area (Å²) in [5, 5.41) is 16.9. The van der Waals surface area contributed by atoms with Gasteiger partial charge in [0.2, 0.25) is 0 Å². The number of benzene rings is 1. The molecule has 0 spiro atoms. The molecule has 1 aliphatic heterocycles. The smallest absolute Gasteiger partial charge is 0.265 e. The number of nitrogens with zero attached hydrogens (tertiary/aromatic N) is 4. The van der Waals surface area contributed by atoms with Gasteiger partial charge in [0.05, 0.1) is 0 Å². The molecule has 2 amide bonds. The second-order valence-corrected chi connectivity index (χ2v) is 11.7. The normalized spacial score (nSPS) is 29.8. The van der Waals surface area contributed by atoms with Crippen molar-refractivity contribution in [1.82, 2.24) is 35.8 Å². The van der Waals surface area contributed by atoms with Crippen LogP contribution in [0, 0.1) is 23.2 Å². The predicted molar refractivity (Wildman–Crippen MR) is 140 cm³/mol. The molecule has 5 fully saturated rings. The fourth-order valence-corrected chi connectivity index (χ4v) is 7.81. The maximum atomic E-state index is 13.6. The number of thiocarbonyl (C=S) groups is 1. The number of H-pyrrole nitrogens is 2. The van der Waals surface area contributed by atoms with Gasteiger partial charge in [0.15, 0.2) is 10.9 Å². The fraction of sp³-hybridized carbons (Fsp3) is 0.407. The largest absolute Gasteiger partial charge is 0.355 e. The molecule has 0 atom stereocenters. The summed E-state index contributed by atoms with van der Waals surface area (Å²) in [5.41, 5.74) is 3.64. The zero-order valence-corrected chi connectivity index (χ0v) is 21.1. The van der Waals surface area contributed by atoms with Gasteiger partial charge in [0.1, 0.15) is 5.57 Å². The number of aromatic amines is 2. The second-order valence-electron chi connectivity index (χ2n) is 11.3. The molecule has 3 aromatic rings. The molecule has 10 heteroatoms. The number of amides is 2. The summed E-state index contributed by atoms with van der Waals surface area (Å²) in [6.07, 6.45) is 9.17. The van der Waals surface area contributed by atoms with E-state index in [1.165, 1.54) is 38.5 Å². The number of nitrogens with one attached hydrogen (secondary N) is 3. The molecule has 9 nitrogen and oxygen atoms in total. The van der Waals surface area contributed by atoms with E-state index in [4.69, 9.17) is 12.2 Å². The quantitative estimate of drug-likeness (QED) is 0.272. The van der Waals surface area contributed by atoms with E-state index >= 15 is 0 Å². The van der Waals surface area contributed by atoms with Crippen molar-refractivity contribution in [3.8, 4) is 22.6 Å². The third kappa shape index (κ3) is 3.99. The summed E-state index contributed by atoms with van der Waals surface area (Å²) in [7, 11) is 0. The highest BCUT2D eigenvalue weighted by atomic mass is 32.1. The van der Waals surface area contributed by atoms with Gasteiger partial charge in [-0.05, 0) is 108 Å². The maximum Gasteiger partial charge on any atom is 0.265 e. The molecule has 1 aromatic carbocycles. The van der Waals surface area contributed by atoms with Crippen LogP contribution >= 0.6 is 12.2 Å². The van der Waals surface area contributed by atoms with Gasteiger partial charge in [-0.1, -0.05) is 24.3 Å². The Hall–Kier alpha value is -3.66. The van der Waals surface area contributed by atoms with E-state index in [0.717, 1.165) is 34.6 Å². The molecular weight excluding hydrogens is 486 g/mol. The number of tetrazole rings is 1. The standard InChI is InChI=1S/C27H27N7O2S/c35-24-21(10-20-5-6-22(28-20)18-1-3-19(4-2-18)23-30-32-33-31-23)25(36)34(26(37)29-24)14-27-11-15-7-16(12-27)9-17(8-15)13-27/h1-6,10,15-17,28H,7-9,11-14H2,(H,29,35,37)(H,30,31,32,33)/b21-10+. The van der Waals surface area contributed by atoms with Gasteiger partial charge in [-0.2, -0.15) is 0 Å². The van der Waals surface area contributed by atoms with Gasteiger partial charge in [0, 0.05) is 23.5 Å². The molecule has 8 rings (SSSR count). The van der Waals surface area contributed by atoms with Gasteiger partial charge in [-0.25, -0.2) is 5.10 Å². The minimum Gasteiger partial charge on any atom is -0.355 e. The van der Waals surface area contributed by atoms with Crippen LogP contribution in [0.15, 0.2) is 42.0 Å². The molecule has 4 bridgehead atoms. The highest BCUT2D eigenvalue weighted by Crippen LogP contribution is 2.60. The summed E-state index contributed by atoms with van der Waals surface area (Å²) in [6, 6.07) is 11.6. The molecule has 3 heterocycles. The highest BCUT2D eigenvalue weighted by Gasteiger charge is 2.52. The van der Waals surface area contributed by atoms with E-state index in [9.17, 15) is 9.59 Å². The first-order valence-electron chi connectivity index (χ1n) is 12.9. The van der Waals surface area contributed by atoms with Crippen molar-refractivity contribution in [3.63, 3.8) is 0 Å². The zero-order chi connectivity index (χ0) is 25.1. The van der Waals surface area contributed by atoms with E-state index in [1.807, 2.05) is 36.4 Å². The molecule has 37 heavy (non-hydrogen) atoms. The Morgan fingerprint density at radius 3 is 2.30 bits per heavy atom. The number of hydrogen-bond donors (Lipinski definition) is 3. The Morgan fingerprint density at radius 1 is 0.973 bits per heavy atom. The van der Waals surface area contributed by atoms with Crippen molar-refractivity contribution < 1.29 is 9.59 Å². The lowest BCUT2D eigenvalue weighted by molar-refractivity contribution is -0.132. The molecule has 2 aromatic heterocycles. The molecule has 0 radical (unpaired) electrons. The first-order valence-corrected chi connectivity index (χ1v) is 13.3. The highest BCUT2D eigenvalue weighted by molar-refractivity contribution is 7.80. The van der Waals surface area contributed by atoms with Gasteiger partial charge in [0.25, 0.3) is 11.8 Å². The van der Waals surface area contributed by atoms with Crippen LogP contribution in [0.25, 0.3) is 28.7 Å². The first-order chi connectivity index (χ1) is 17.9. The number of carbonyl (C=O) groups excluding carboxylic acids is 2. The van der Waals surface area contributed by atoms with Crippen LogP contribution < -0.4 is 5.32 Å². The van der Waals surface area contributed by atoms with Crippen molar-refractivity contribution in [2.24, 2.45) is 23.2 Å². The van der Waals surface area contributed by atoms with Crippen molar-refractivity contribution in [1.29, 1.82) is 0 Å². The SMILES string of the molecule is O=C1NC(=S)N(CC23CC4CC(CC(C4)C2)C3)C(=O)/C1=C/c1ccc(-c2ccc(-c3nnn[nH]3)cc2)[nH]1. The van der Waals surface area contributed by atoms with Gasteiger partial charge in [-0.15, -0.1) is 5.10 Å². The van der Waals surface area contributed by atoms with Crippen LogP contribution in [-0.2, 0) is 9.59 Å². The average molecular weight is 514 g/mol. The Kier molecular flexibility index (Phi) is 5.14. The van der Waals surface area contributed by atoms with Crippen LogP contribution in [0.5, 0.6) is 0 Å². The third-order valence-electron chi connectivity index (χ3n) is 8.67. The summed E-state index contributed by atoms with van der Waals surface area (Å²) in [4.78, 5) is 31.4. The van der Waals surface area contributed by atoms with Crippen LogP contribution in [0.1, 0.15) is 44.2 Å². The number of rotatable bonds is 5. The van der Waals surface area contributed by atoms with E-state index in [0.29, 0.717) is 18.1 Å². The molecule has 0 unspecified atom stereocenters. The number of carbonyl (C=O) groups is 2. The van der Waals surface area contributed by atoms with Crippen molar-refractivity contribution in [2.45, 2.75) is 38.5 Å². The van der Waals surface area contributed by atoms with Crippen LogP contribution in [0.3, 0.4) is 0 Å². The molecule has 1 saturated heterocycles. The Bertz CT molecular complexity index is 1390. The van der Waals surface area contributed by atoms with Crippen molar-refractivity contribution >= 4 is 35.2 Å². The molecule has 3 N–H and O–H groups in total. The van der Waals surface area contributed by atoms with E-state index in [2.05, 4.69) is 30.9 Å². The zero-order valence-electron chi connectivity index (χ0n) is 20.2. The maximum absolute atomic E-state index is 13.6. The lowest BCUT2D eigenvalue weighted by atomic mass is 9.49. The minimum absolute atomic E-state index is 0.111. The average Bonchev–Trinajstić information content (AvgIpc) is 3.57. The number of aromatic nitrogens is 5. The van der Waals surface area contributed by atoms with Gasteiger partial charge in [-0.3, -0.25) is 19.8 Å². The molecule has 4 saturated carbocycles. The van der Waals surface area contributed by atoms with Crippen molar-refractivity contribution in [2.75, 3.05) is 6.54 Å². The van der Waals surface area contributed by atoms with Gasteiger partial charge >= 0.3 is 0 Å². The summed E-state index contributed by atoms with van der Waals surface area (Å²) >= 11 is 5.48. The first kappa shape index (κ1) is 22.5. The summed E-state index contributed by atoms with van der Waals surface area (Å²) < 4.78 is 0. The third-order valence-corrected chi connectivity index (χ3v) is 8.99. The summed E-state index contributed by atoms with van der Waals surface area (Å²) in [5.74, 6) is 2.19. The fourth-order valence-electron chi connectivity index (χ4n) is 7.57.